The Hall–Kier alpha value is -0.120. The molecule has 2 N–H and O–H groups in total. The van der Waals surface area contributed by atoms with Crippen molar-refractivity contribution in [2.75, 3.05) is 26.2 Å². The van der Waals surface area contributed by atoms with Gasteiger partial charge in [-0.15, -0.1) is 0 Å². The van der Waals surface area contributed by atoms with E-state index in [9.17, 15) is 5.11 Å². The molecule has 1 aliphatic rings. The number of aliphatic hydroxyl groups is 1. The van der Waals surface area contributed by atoms with Crippen molar-refractivity contribution in [1.29, 1.82) is 0 Å². The highest BCUT2D eigenvalue weighted by Crippen LogP contribution is 2.07. The molecule has 0 aromatic carbocycles. The second-order valence-electron chi connectivity index (χ2n) is 3.01. The average molecular weight is 158 g/mol. The average Bonchev–Trinajstić information content (AvgIpc) is 2.40. The van der Waals surface area contributed by atoms with Crippen LogP contribution in [-0.4, -0.2) is 48.3 Å². The number of nitrogens with zero attached hydrogens (tertiary/aromatic N) is 1. The van der Waals surface area contributed by atoms with E-state index >= 15 is 0 Å². The Labute approximate surface area is 68.4 Å². The van der Waals surface area contributed by atoms with E-state index in [1.165, 1.54) is 0 Å². The zero-order valence-corrected chi connectivity index (χ0v) is 7.38. The van der Waals surface area contributed by atoms with Crippen LogP contribution in [0.2, 0.25) is 0 Å². The van der Waals surface area contributed by atoms with Crippen LogP contribution in [0.15, 0.2) is 0 Å². The maximum absolute atomic E-state index is 9.52. The van der Waals surface area contributed by atoms with Gasteiger partial charge in [-0.3, -0.25) is 4.90 Å². The lowest BCUT2D eigenvalue weighted by atomic mass is 10.2. The summed E-state index contributed by atoms with van der Waals surface area (Å²) in [6, 6.07) is 0.338. The third-order valence-electron chi connectivity index (χ3n) is 2.43. The highest BCUT2D eigenvalue weighted by Gasteiger charge is 2.28. The summed E-state index contributed by atoms with van der Waals surface area (Å²) in [6.45, 7) is 8.01. The number of rotatable bonds is 3. The molecule has 1 rings (SSSR count). The molecular weight excluding hydrogens is 140 g/mol. The minimum Gasteiger partial charge on any atom is -0.390 e. The fourth-order valence-corrected chi connectivity index (χ4v) is 1.72. The zero-order chi connectivity index (χ0) is 8.27. The summed E-state index contributed by atoms with van der Waals surface area (Å²) in [5.74, 6) is 0. The largest absolute Gasteiger partial charge is 0.390 e. The molecule has 0 aliphatic carbocycles. The third kappa shape index (κ3) is 1.92. The summed E-state index contributed by atoms with van der Waals surface area (Å²) in [6.07, 6.45) is -0.171. The molecule has 11 heavy (non-hydrogen) atoms. The smallest absolute Gasteiger partial charge is 0.0831 e. The van der Waals surface area contributed by atoms with Gasteiger partial charge in [0.25, 0.3) is 0 Å². The van der Waals surface area contributed by atoms with Crippen molar-refractivity contribution in [2.24, 2.45) is 0 Å². The molecule has 1 aliphatic heterocycles. The quantitative estimate of drug-likeness (QED) is 0.590. The zero-order valence-electron chi connectivity index (χ0n) is 7.38. The van der Waals surface area contributed by atoms with Crippen molar-refractivity contribution in [3.63, 3.8) is 0 Å². The summed E-state index contributed by atoms with van der Waals surface area (Å²) in [5.41, 5.74) is 0. The molecule has 0 radical (unpaired) electrons. The van der Waals surface area contributed by atoms with Gasteiger partial charge >= 0.3 is 0 Å². The van der Waals surface area contributed by atoms with Gasteiger partial charge < -0.3 is 10.4 Å². The molecule has 3 nitrogen and oxygen atoms in total. The molecule has 66 valence electrons. The number of β-amino-alcohol motifs (C(OH)–C–C–N with tert-alkyl or cyclic N) is 1. The lowest BCUT2D eigenvalue weighted by Gasteiger charge is -2.27. The molecule has 3 heteroatoms. The van der Waals surface area contributed by atoms with Crippen LogP contribution >= 0.6 is 0 Å². The first-order valence-electron chi connectivity index (χ1n) is 4.42. The van der Waals surface area contributed by atoms with Gasteiger partial charge in [0, 0.05) is 19.1 Å². The first-order chi connectivity index (χ1) is 5.29. The molecule has 0 amide bonds. The Morgan fingerprint density at radius 1 is 1.36 bits per heavy atom. The van der Waals surface area contributed by atoms with Crippen molar-refractivity contribution in [3.8, 4) is 0 Å². The summed E-state index contributed by atoms with van der Waals surface area (Å²) >= 11 is 0. The summed E-state index contributed by atoms with van der Waals surface area (Å²) in [4.78, 5) is 2.30. The van der Waals surface area contributed by atoms with Gasteiger partial charge in [0.2, 0.25) is 0 Å². The second-order valence-corrected chi connectivity index (χ2v) is 3.01. The molecule has 1 heterocycles. The van der Waals surface area contributed by atoms with Crippen LogP contribution in [-0.2, 0) is 0 Å². The van der Waals surface area contributed by atoms with Crippen molar-refractivity contribution in [2.45, 2.75) is 26.0 Å². The van der Waals surface area contributed by atoms with Gasteiger partial charge in [0.15, 0.2) is 0 Å². The standard InChI is InChI=1S/C8H18N2O/c1-3-10(4-2)7-5-9-6-8(7)11/h7-9,11H,3-6H2,1-2H3. The lowest BCUT2D eigenvalue weighted by molar-refractivity contribution is 0.0899. The molecule has 1 saturated heterocycles. The van der Waals surface area contributed by atoms with E-state index in [0.717, 1.165) is 26.2 Å². The first-order valence-corrected chi connectivity index (χ1v) is 4.42. The van der Waals surface area contributed by atoms with Crippen LogP contribution in [0, 0.1) is 0 Å². The predicted octanol–water partition coefficient (Wildman–Crippen LogP) is -0.339. The maximum atomic E-state index is 9.52. The fraction of sp³-hybridized carbons (Fsp3) is 1.00. The van der Waals surface area contributed by atoms with Gasteiger partial charge in [0.05, 0.1) is 6.10 Å². The van der Waals surface area contributed by atoms with Crippen LogP contribution < -0.4 is 5.32 Å². The van der Waals surface area contributed by atoms with Gasteiger partial charge in [0.1, 0.15) is 0 Å². The van der Waals surface area contributed by atoms with E-state index in [2.05, 4.69) is 24.1 Å². The number of aliphatic hydroxyl groups excluding tert-OH is 1. The Morgan fingerprint density at radius 3 is 2.36 bits per heavy atom. The van der Waals surface area contributed by atoms with Gasteiger partial charge in [-0.25, -0.2) is 0 Å². The minimum absolute atomic E-state index is 0.171. The molecule has 0 spiro atoms. The van der Waals surface area contributed by atoms with Gasteiger partial charge in [-0.1, -0.05) is 13.8 Å². The molecular formula is C8H18N2O. The lowest BCUT2D eigenvalue weighted by Crippen LogP contribution is -2.42. The number of nitrogens with one attached hydrogen (secondary N) is 1. The molecule has 0 bridgehead atoms. The molecule has 0 aromatic rings. The monoisotopic (exact) mass is 158 g/mol. The first kappa shape index (κ1) is 8.97. The van der Waals surface area contributed by atoms with E-state index in [1.54, 1.807) is 0 Å². The van der Waals surface area contributed by atoms with Crippen molar-refractivity contribution >= 4 is 0 Å². The normalized spacial score (nSPS) is 31.6. The van der Waals surface area contributed by atoms with Gasteiger partial charge in [-0.05, 0) is 13.1 Å². The second kappa shape index (κ2) is 4.04. The van der Waals surface area contributed by atoms with E-state index in [1.807, 2.05) is 0 Å². The van der Waals surface area contributed by atoms with Crippen LogP contribution in [0.3, 0.4) is 0 Å². The van der Waals surface area contributed by atoms with Gasteiger partial charge in [-0.2, -0.15) is 0 Å². The molecule has 0 saturated carbocycles. The Bertz CT molecular complexity index is 115. The van der Waals surface area contributed by atoms with Crippen molar-refractivity contribution < 1.29 is 5.11 Å². The Kier molecular flexibility index (Phi) is 3.30. The highest BCUT2D eigenvalue weighted by atomic mass is 16.3. The van der Waals surface area contributed by atoms with Crippen molar-refractivity contribution in [1.82, 2.24) is 10.2 Å². The van der Waals surface area contributed by atoms with E-state index in [0.29, 0.717) is 6.04 Å². The van der Waals surface area contributed by atoms with Crippen LogP contribution in [0.1, 0.15) is 13.8 Å². The minimum atomic E-state index is -0.171. The maximum Gasteiger partial charge on any atom is 0.0831 e. The molecule has 2 atom stereocenters. The highest BCUT2D eigenvalue weighted by molar-refractivity contribution is 4.87. The fourth-order valence-electron chi connectivity index (χ4n) is 1.72. The number of likely N-dealkylation sites (N-methyl/N-ethyl adjacent to an activating group) is 1. The Balaban J connectivity index is 2.43. The summed E-state index contributed by atoms with van der Waals surface area (Å²) in [7, 11) is 0. The van der Waals surface area contributed by atoms with Crippen LogP contribution in [0.4, 0.5) is 0 Å². The predicted molar refractivity (Wildman–Crippen MR) is 45.6 cm³/mol. The van der Waals surface area contributed by atoms with E-state index < -0.39 is 0 Å². The number of hydrogen-bond acceptors (Lipinski definition) is 3. The topological polar surface area (TPSA) is 35.5 Å². The van der Waals surface area contributed by atoms with Crippen LogP contribution in [0.25, 0.3) is 0 Å². The Morgan fingerprint density at radius 2 is 2.00 bits per heavy atom. The van der Waals surface area contributed by atoms with E-state index in [-0.39, 0.29) is 6.10 Å². The summed E-state index contributed by atoms with van der Waals surface area (Å²) < 4.78 is 0. The number of hydrogen-bond donors (Lipinski definition) is 2. The van der Waals surface area contributed by atoms with Crippen LogP contribution in [0.5, 0.6) is 0 Å². The molecule has 1 fully saturated rings. The van der Waals surface area contributed by atoms with E-state index in [4.69, 9.17) is 0 Å². The molecule has 2 unspecified atom stereocenters. The SMILES string of the molecule is CCN(CC)C1CNCC1O. The summed E-state index contributed by atoms with van der Waals surface area (Å²) in [5, 5.41) is 12.7. The van der Waals surface area contributed by atoms with Crippen molar-refractivity contribution in [3.05, 3.63) is 0 Å². The third-order valence-corrected chi connectivity index (χ3v) is 2.43. The molecule has 0 aromatic heterocycles.